The van der Waals surface area contributed by atoms with Gasteiger partial charge in [0, 0.05) is 42.2 Å². The molecular formula is C18H19N6O+. The summed E-state index contributed by atoms with van der Waals surface area (Å²) in [5.41, 5.74) is 0.810. The molecule has 0 atom stereocenters. The van der Waals surface area contributed by atoms with Crippen LogP contribution < -0.4 is 4.59 Å². The molecular weight excluding hydrogens is 316 g/mol. The molecule has 0 aliphatic carbocycles. The van der Waals surface area contributed by atoms with Gasteiger partial charge in [0.1, 0.15) is 25.2 Å². The van der Waals surface area contributed by atoms with Gasteiger partial charge >= 0.3 is 0 Å². The summed E-state index contributed by atoms with van der Waals surface area (Å²) in [6.07, 6.45) is 7.39. The Morgan fingerprint density at radius 1 is 1.36 bits per heavy atom. The molecule has 3 aromatic heterocycles. The maximum Gasteiger partial charge on any atom is 0.282 e. The van der Waals surface area contributed by atoms with Crippen LogP contribution in [0.4, 0.5) is 5.82 Å². The molecule has 1 N–H and O–H groups in total. The van der Waals surface area contributed by atoms with E-state index in [9.17, 15) is 4.79 Å². The number of aromatic amines is 1. The van der Waals surface area contributed by atoms with E-state index in [0.29, 0.717) is 4.59 Å². The Bertz CT molecular complexity index is 996. The standard InChI is InChI=1S/C18H19N6O/c1-23(15(25)4-7-19)24(10-2-3-11-24)18-16-13(5-8-21-18)12-22-17-14(16)6-9-20-17/h5-6,8-9,12H,2-4,10-11H2,1H3,(H,20,22)/q+1. The molecule has 0 radical (unpaired) electrons. The van der Waals surface area contributed by atoms with Crippen molar-refractivity contribution in [1.82, 2.24) is 24.6 Å². The van der Waals surface area contributed by atoms with E-state index in [0.717, 1.165) is 53.6 Å². The number of hydrogen-bond acceptors (Lipinski definition) is 4. The van der Waals surface area contributed by atoms with Crippen molar-refractivity contribution in [3.63, 3.8) is 0 Å². The highest BCUT2D eigenvalue weighted by atomic mass is 16.2. The highest BCUT2D eigenvalue weighted by Crippen LogP contribution is 2.38. The van der Waals surface area contributed by atoms with Crippen LogP contribution in [0, 0.1) is 11.3 Å². The van der Waals surface area contributed by atoms with E-state index >= 15 is 0 Å². The summed E-state index contributed by atoms with van der Waals surface area (Å²) in [5, 5.41) is 13.7. The first-order valence-electron chi connectivity index (χ1n) is 8.40. The molecule has 1 fully saturated rings. The van der Waals surface area contributed by atoms with Crippen molar-refractivity contribution in [2.45, 2.75) is 19.3 Å². The Balaban J connectivity index is 1.99. The molecule has 1 amide bonds. The van der Waals surface area contributed by atoms with E-state index in [2.05, 4.69) is 9.97 Å². The summed E-state index contributed by atoms with van der Waals surface area (Å²) < 4.78 is 0.363. The second-order valence-corrected chi connectivity index (χ2v) is 6.43. The van der Waals surface area contributed by atoms with Crippen molar-refractivity contribution < 1.29 is 4.79 Å². The predicted octanol–water partition coefficient (Wildman–Crippen LogP) is 2.50. The fourth-order valence-corrected chi connectivity index (χ4v) is 3.88. The lowest BCUT2D eigenvalue weighted by Gasteiger charge is -2.39. The number of carbonyl (C=O) groups is 1. The molecule has 0 bridgehead atoms. The van der Waals surface area contributed by atoms with Gasteiger partial charge in [0.05, 0.1) is 18.5 Å². The SMILES string of the molecule is CN(C(=O)CC#N)[N+]1(c2nccc3cnc4[nH]ccc4c23)CCCC1. The number of rotatable bonds is 3. The van der Waals surface area contributed by atoms with Crippen LogP contribution in [0.15, 0.2) is 30.7 Å². The second-order valence-electron chi connectivity index (χ2n) is 6.43. The van der Waals surface area contributed by atoms with Crippen molar-refractivity contribution in [3.05, 3.63) is 30.7 Å². The van der Waals surface area contributed by atoms with Gasteiger partial charge in [-0.15, -0.1) is 0 Å². The van der Waals surface area contributed by atoms with Crippen LogP contribution in [0.25, 0.3) is 21.8 Å². The number of pyridine rings is 2. The van der Waals surface area contributed by atoms with Gasteiger partial charge in [-0.3, -0.25) is 4.79 Å². The topological polar surface area (TPSA) is 85.7 Å². The van der Waals surface area contributed by atoms with Gasteiger partial charge in [0.2, 0.25) is 0 Å². The largest absolute Gasteiger partial charge is 0.346 e. The van der Waals surface area contributed by atoms with Crippen LogP contribution in [-0.2, 0) is 4.79 Å². The van der Waals surface area contributed by atoms with Gasteiger partial charge < -0.3 is 4.98 Å². The number of aromatic nitrogens is 3. The number of nitrogens with zero attached hydrogens (tertiary/aromatic N) is 5. The van der Waals surface area contributed by atoms with Gasteiger partial charge in [0.25, 0.3) is 11.7 Å². The molecule has 0 unspecified atom stereocenters. The zero-order valence-corrected chi connectivity index (χ0v) is 14.1. The van der Waals surface area contributed by atoms with Crippen molar-refractivity contribution >= 4 is 33.5 Å². The molecule has 0 spiro atoms. The molecule has 4 rings (SSSR count). The van der Waals surface area contributed by atoms with E-state index in [1.165, 1.54) is 0 Å². The van der Waals surface area contributed by atoms with Gasteiger partial charge in [-0.1, -0.05) is 0 Å². The minimum Gasteiger partial charge on any atom is -0.346 e. The maximum atomic E-state index is 12.5. The van der Waals surface area contributed by atoms with Gasteiger partial charge in [-0.25, -0.2) is 9.97 Å². The van der Waals surface area contributed by atoms with Crippen LogP contribution in [0.1, 0.15) is 19.3 Å². The van der Waals surface area contributed by atoms with Crippen LogP contribution in [-0.4, -0.2) is 46.0 Å². The van der Waals surface area contributed by atoms with Gasteiger partial charge in [-0.05, 0) is 12.1 Å². The van der Waals surface area contributed by atoms with E-state index in [1.54, 1.807) is 18.3 Å². The fourth-order valence-electron chi connectivity index (χ4n) is 3.88. The summed E-state index contributed by atoms with van der Waals surface area (Å²) in [4.78, 5) is 24.8. The first-order chi connectivity index (χ1) is 12.2. The van der Waals surface area contributed by atoms with Crippen LogP contribution in [0.2, 0.25) is 0 Å². The lowest BCUT2D eigenvalue weighted by molar-refractivity contribution is -0.141. The molecule has 25 heavy (non-hydrogen) atoms. The summed E-state index contributed by atoms with van der Waals surface area (Å²) >= 11 is 0. The maximum absolute atomic E-state index is 12.5. The van der Waals surface area contributed by atoms with Crippen molar-refractivity contribution in [2.75, 3.05) is 20.1 Å². The van der Waals surface area contributed by atoms with Crippen molar-refractivity contribution in [2.24, 2.45) is 0 Å². The Hall–Kier alpha value is -2.98. The zero-order valence-electron chi connectivity index (χ0n) is 14.1. The van der Waals surface area contributed by atoms with Gasteiger partial charge in [0.15, 0.2) is 0 Å². The smallest absolute Gasteiger partial charge is 0.282 e. The lowest BCUT2D eigenvalue weighted by Crippen LogP contribution is -2.60. The normalized spacial score (nSPS) is 16.2. The average Bonchev–Trinajstić information content (AvgIpc) is 3.30. The number of nitriles is 1. The minimum absolute atomic E-state index is 0.123. The van der Waals surface area contributed by atoms with E-state index in [1.807, 2.05) is 30.6 Å². The van der Waals surface area contributed by atoms with Crippen LogP contribution in [0.5, 0.6) is 0 Å². The van der Waals surface area contributed by atoms with Crippen molar-refractivity contribution in [1.29, 1.82) is 5.26 Å². The highest BCUT2D eigenvalue weighted by molar-refractivity contribution is 6.10. The predicted molar refractivity (Wildman–Crippen MR) is 95.2 cm³/mol. The molecule has 4 heterocycles. The number of amides is 1. The highest BCUT2D eigenvalue weighted by Gasteiger charge is 2.44. The number of nitrogens with one attached hydrogen (secondary N) is 1. The van der Waals surface area contributed by atoms with Crippen LogP contribution >= 0.6 is 0 Å². The number of hydrogen-bond donors (Lipinski definition) is 1. The van der Waals surface area contributed by atoms with E-state index in [-0.39, 0.29) is 12.3 Å². The van der Waals surface area contributed by atoms with Crippen LogP contribution in [0.3, 0.4) is 0 Å². The molecule has 7 heteroatoms. The molecule has 1 aliphatic rings. The Labute approximate surface area is 145 Å². The summed E-state index contributed by atoms with van der Waals surface area (Å²) in [5.74, 6) is 0.679. The monoisotopic (exact) mass is 335 g/mol. The van der Waals surface area contributed by atoms with Crippen molar-refractivity contribution in [3.8, 4) is 6.07 Å². The molecule has 1 aliphatic heterocycles. The number of fused-ring (bicyclic) bond motifs is 3. The third-order valence-corrected chi connectivity index (χ3v) is 5.16. The van der Waals surface area contributed by atoms with Gasteiger partial charge in [-0.2, -0.15) is 14.9 Å². The molecule has 3 aromatic rings. The minimum atomic E-state index is -0.178. The molecule has 0 saturated carbocycles. The Morgan fingerprint density at radius 2 is 2.16 bits per heavy atom. The molecule has 7 nitrogen and oxygen atoms in total. The first-order valence-corrected chi connectivity index (χ1v) is 8.40. The number of H-pyrrole nitrogens is 1. The summed E-state index contributed by atoms with van der Waals surface area (Å²) in [6.45, 7) is 1.60. The Morgan fingerprint density at radius 3 is 2.92 bits per heavy atom. The molecule has 1 saturated heterocycles. The summed E-state index contributed by atoms with van der Waals surface area (Å²) in [6, 6.07) is 5.91. The zero-order chi connectivity index (χ0) is 17.4. The fraction of sp³-hybridized carbons (Fsp3) is 0.333. The number of quaternary nitrogens is 1. The third-order valence-electron chi connectivity index (χ3n) is 5.16. The van der Waals surface area contributed by atoms with E-state index in [4.69, 9.17) is 10.2 Å². The molecule has 126 valence electrons. The molecule has 0 aromatic carbocycles. The number of carbonyl (C=O) groups excluding carboxylic acids is 1. The van der Waals surface area contributed by atoms with E-state index < -0.39 is 0 Å². The Kier molecular flexibility index (Phi) is 3.62. The first kappa shape index (κ1) is 15.5. The lowest BCUT2D eigenvalue weighted by atomic mass is 10.1. The summed E-state index contributed by atoms with van der Waals surface area (Å²) in [7, 11) is 1.78. The quantitative estimate of drug-likeness (QED) is 0.745. The second kappa shape index (κ2) is 5.83. The third kappa shape index (κ3) is 2.26. The average molecular weight is 335 g/mol.